The summed E-state index contributed by atoms with van der Waals surface area (Å²) in [6.45, 7) is 4.46. The molecular formula is C66H47NO. The van der Waals surface area contributed by atoms with Gasteiger partial charge in [-0.25, -0.2) is 0 Å². The van der Waals surface area contributed by atoms with Gasteiger partial charge in [0.2, 0.25) is 0 Å². The van der Waals surface area contributed by atoms with Crippen molar-refractivity contribution in [1.82, 2.24) is 0 Å². The van der Waals surface area contributed by atoms with Crippen molar-refractivity contribution >= 4 is 49.8 Å². The number of fused-ring (bicyclic) bond motifs is 4. The average molecular weight is 870 g/mol. The van der Waals surface area contributed by atoms with Crippen molar-refractivity contribution in [3.8, 4) is 66.8 Å². The van der Waals surface area contributed by atoms with Crippen LogP contribution in [0.2, 0.25) is 0 Å². The molecule has 0 fully saturated rings. The minimum absolute atomic E-state index is 0.913. The van der Waals surface area contributed by atoms with Crippen molar-refractivity contribution in [2.75, 3.05) is 4.90 Å². The van der Waals surface area contributed by atoms with Crippen LogP contribution in [0.15, 0.2) is 253 Å². The molecule has 0 aliphatic heterocycles. The minimum atomic E-state index is 0.913. The van der Waals surface area contributed by atoms with Crippen LogP contribution < -0.4 is 4.90 Å². The molecule has 1 heterocycles. The Bertz CT molecular complexity index is 3770. The van der Waals surface area contributed by atoms with E-state index in [1.165, 1.54) is 88.7 Å². The lowest BCUT2D eigenvalue weighted by atomic mass is 9.92. The maximum absolute atomic E-state index is 6.13. The van der Waals surface area contributed by atoms with Gasteiger partial charge in [0, 0.05) is 27.8 Å². The maximum atomic E-state index is 6.13. The van der Waals surface area contributed by atoms with Crippen molar-refractivity contribution in [1.29, 1.82) is 0 Å². The molecule has 11 aromatic carbocycles. The van der Waals surface area contributed by atoms with E-state index in [1.807, 2.05) is 12.1 Å². The SMILES string of the molecule is Cc1cc(-c2ccc3oc4ccccc4c3c2)ccc1-c1ccc(N(c2ccc(-c3ccc(-c4ccccc4)cc3)cc2)c2ccc(-c3ccc(-c4ccccc4)c4ccccc34)cc2)cc1C. The molecule has 0 spiro atoms. The van der Waals surface area contributed by atoms with E-state index < -0.39 is 0 Å². The molecule has 0 radical (unpaired) electrons. The zero-order chi connectivity index (χ0) is 45.6. The number of rotatable bonds is 9. The van der Waals surface area contributed by atoms with Gasteiger partial charge in [-0.1, -0.05) is 194 Å². The van der Waals surface area contributed by atoms with Crippen molar-refractivity contribution in [3.05, 3.63) is 260 Å². The molecule has 2 heteroatoms. The van der Waals surface area contributed by atoms with Crippen LogP contribution in [0.25, 0.3) is 99.5 Å². The third-order valence-corrected chi connectivity index (χ3v) is 13.6. The topological polar surface area (TPSA) is 16.4 Å². The Hall–Kier alpha value is -8.72. The lowest BCUT2D eigenvalue weighted by molar-refractivity contribution is 0.669. The Balaban J connectivity index is 0.895. The van der Waals surface area contributed by atoms with E-state index in [1.54, 1.807) is 0 Å². The fraction of sp³-hybridized carbons (Fsp3) is 0.0303. The molecule has 0 aliphatic carbocycles. The first kappa shape index (κ1) is 40.8. The zero-order valence-electron chi connectivity index (χ0n) is 38.0. The van der Waals surface area contributed by atoms with Crippen LogP contribution in [0.5, 0.6) is 0 Å². The fourth-order valence-electron chi connectivity index (χ4n) is 10.1. The van der Waals surface area contributed by atoms with E-state index in [4.69, 9.17) is 4.42 Å². The standard InChI is InChI=1S/C66H47NO/c1-44-41-52(53-30-40-66-64(43-53)63-19-11-12-20-65(63)68-66)29-36-57(44)58-37-35-56(42-45(58)2)67(54-31-25-49(26-32-54)48-23-21-47(22-24-48)46-13-5-3-6-14-46)55-33-27-51(28-34-55)60-39-38-59(50-15-7-4-8-16-50)61-17-9-10-18-62(60)61/h3-43H,1-2H3. The Labute approximate surface area is 397 Å². The van der Waals surface area contributed by atoms with Gasteiger partial charge in [-0.05, 0) is 157 Å². The van der Waals surface area contributed by atoms with Crippen LogP contribution in [0.3, 0.4) is 0 Å². The van der Waals surface area contributed by atoms with Gasteiger partial charge in [-0.2, -0.15) is 0 Å². The highest BCUT2D eigenvalue weighted by Crippen LogP contribution is 2.42. The monoisotopic (exact) mass is 869 g/mol. The predicted molar refractivity (Wildman–Crippen MR) is 288 cm³/mol. The molecule has 322 valence electrons. The normalized spacial score (nSPS) is 11.4. The highest BCUT2D eigenvalue weighted by Gasteiger charge is 2.18. The quantitative estimate of drug-likeness (QED) is 0.144. The second kappa shape index (κ2) is 17.3. The summed E-state index contributed by atoms with van der Waals surface area (Å²) in [6, 6.07) is 90.0. The molecule has 0 saturated heterocycles. The highest BCUT2D eigenvalue weighted by molar-refractivity contribution is 6.07. The van der Waals surface area contributed by atoms with E-state index in [0.717, 1.165) is 39.0 Å². The van der Waals surface area contributed by atoms with Crippen LogP contribution in [-0.2, 0) is 0 Å². The lowest BCUT2D eigenvalue weighted by Gasteiger charge is -2.27. The summed E-state index contributed by atoms with van der Waals surface area (Å²) in [4.78, 5) is 2.38. The van der Waals surface area contributed by atoms with Crippen LogP contribution in [0.4, 0.5) is 17.1 Å². The van der Waals surface area contributed by atoms with Gasteiger partial charge in [-0.15, -0.1) is 0 Å². The molecule has 0 amide bonds. The van der Waals surface area contributed by atoms with Gasteiger partial charge in [0.15, 0.2) is 0 Å². The Morgan fingerprint density at radius 2 is 0.632 bits per heavy atom. The van der Waals surface area contributed by atoms with Crippen molar-refractivity contribution in [2.45, 2.75) is 13.8 Å². The Kier molecular flexibility index (Phi) is 10.3. The molecule has 0 bridgehead atoms. The molecule has 0 atom stereocenters. The molecule has 2 nitrogen and oxygen atoms in total. The number of hydrogen-bond acceptors (Lipinski definition) is 2. The van der Waals surface area contributed by atoms with Gasteiger partial charge < -0.3 is 9.32 Å². The predicted octanol–water partition coefficient (Wildman–Crippen LogP) is 18.8. The van der Waals surface area contributed by atoms with Gasteiger partial charge in [0.1, 0.15) is 11.2 Å². The smallest absolute Gasteiger partial charge is 0.135 e. The van der Waals surface area contributed by atoms with Crippen LogP contribution >= 0.6 is 0 Å². The molecule has 0 saturated carbocycles. The molecule has 68 heavy (non-hydrogen) atoms. The average Bonchev–Trinajstić information content (AvgIpc) is 3.78. The van der Waals surface area contributed by atoms with Crippen LogP contribution in [-0.4, -0.2) is 0 Å². The number of hydrogen-bond donors (Lipinski definition) is 0. The Morgan fingerprint density at radius 3 is 1.22 bits per heavy atom. The summed E-state index contributed by atoms with van der Waals surface area (Å²) in [7, 11) is 0. The maximum Gasteiger partial charge on any atom is 0.135 e. The summed E-state index contributed by atoms with van der Waals surface area (Å²) >= 11 is 0. The number of nitrogens with zero attached hydrogens (tertiary/aromatic N) is 1. The summed E-state index contributed by atoms with van der Waals surface area (Å²) in [5.74, 6) is 0. The number of anilines is 3. The zero-order valence-corrected chi connectivity index (χ0v) is 38.0. The molecule has 0 N–H and O–H groups in total. The van der Waals surface area contributed by atoms with Crippen molar-refractivity contribution in [3.63, 3.8) is 0 Å². The Morgan fingerprint density at radius 1 is 0.250 bits per heavy atom. The second-order valence-electron chi connectivity index (χ2n) is 17.8. The first-order valence-corrected chi connectivity index (χ1v) is 23.4. The summed E-state index contributed by atoms with van der Waals surface area (Å²) in [5, 5.41) is 4.78. The van der Waals surface area contributed by atoms with Crippen LogP contribution in [0, 0.1) is 13.8 Å². The van der Waals surface area contributed by atoms with E-state index in [2.05, 4.69) is 255 Å². The van der Waals surface area contributed by atoms with Crippen molar-refractivity contribution in [2.24, 2.45) is 0 Å². The summed E-state index contributed by atoms with van der Waals surface area (Å²) < 4.78 is 6.13. The van der Waals surface area contributed by atoms with E-state index >= 15 is 0 Å². The van der Waals surface area contributed by atoms with E-state index in [-0.39, 0.29) is 0 Å². The largest absolute Gasteiger partial charge is 0.456 e. The number of furan rings is 1. The first-order valence-electron chi connectivity index (χ1n) is 23.4. The highest BCUT2D eigenvalue weighted by atomic mass is 16.3. The molecule has 1 aromatic heterocycles. The first-order chi connectivity index (χ1) is 33.5. The lowest BCUT2D eigenvalue weighted by Crippen LogP contribution is -2.10. The number of benzene rings is 11. The van der Waals surface area contributed by atoms with Gasteiger partial charge in [0.05, 0.1) is 0 Å². The van der Waals surface area contributed by atoms with Crippen molar-refractivity contribution < 1.29 is 4.42 Å². The molecule has 0 unspecified atom stereocenters. The van der Waals surface area contributed by atoms with Gasteiger partial charge in [-0.3, -0.25) is 0 Å². The van der Waals surface area contributed by atoms with Gasteiger partial charge in [0.25, 0.3) is 0 Å². The number of para-hydroxylation sites is 1. The number of aryl methyl sites for hydroxylation is 2. The molecule has 12 aromatic rings. The van der Waals surface area contributed by atoms with E-state index in [0.29, 0.717) is 0 Å². The summed E-state index contributed by atoms with van der Waals surface area (Å²) in [6.07, 6.45) is 0. The van der Waals surface area contributed by atoms with Gasteiger partial charge >= 0.3 is 0 Å². The minimum Gasteiger partial charge on any atom is -0.456 e. The summed E-state index contributed by atoms with van der Waals surface area (Å²) in [5.41, 5.74) is 22.1. The third-order valence-electron chi connectivity index (χ3n) is 13.6. The fourth-order valence-corrected chi connectivity index (χ4v) is 10.1. The second-order valence-corrected chi connectivity index (χ2v) is 17.8. The molecule has 0 aliphatic rings. The molecular weight excluding hydrogens is 823 g/mol. The van der Waals surface area contributed by atoms with Crippen LogP contribution in [0.1, 0.15) is 11.1 Å². The molecule has 12 rings (SSSR count). The van der Waals surface area contributed by atoms with E-state index in [9.17, 15) is 0 Å². The third kappa shape index (κ3) is 7.52.